The van der Waals surface area contributed by atoms with Crippen LogP contribution < -0.4 is 16.0 Å². The third-order valence-electron chi connectivity index (χ3n) is 5.67. The number of hydrogen-bond acceptors (Lipinski definition) is 5. The number of benzene rings is 2. The summed E-state index contributed by atoms with van der Waals surface area (Å²) >= 11 is 0. The maximum absolute atomic E-state index is 12.8. The smallest absolute Gasteiger partial charge is 0.227 e. The molecule has 0 spiro atoms. The van der Waals surface area contributed by atoms with Crippen molar-refractivity contribution in [2.75, 3.05) is 5.32 Å². The predicted octanol–water partition coefficient (Wildman–Crippen LogP) is 3.22. The SMILES string of the molecule is Cc1ccc2c(C)nc(NC3NC(=O)C(Cc4ccccc4C)C(C)N3)nc2c1. The number of aromatic nitrogens is 2. The minimum Gasteiger partial charge on any atom is -0.323 e. The average Bonchev–Trinajstić information content (AvgIpc) is 2.65. The number of hydrogen-bond donors (Lipinski definition) is 3. The number of fused-ring (bicyclic) bond motifs is 1. The number of anilines is 1. The van der Waals surface area contributed by atoms with Gasteiger partial charge in [0.2, 0.25) is 11.9 Å². The van der Waals surface area contributed by atoms with Crippen molar-refractivity contribution in [3.05, 3.63) is 64.8 Å². The van der Waals surface area contributed by atoms with Gasteiger partial charge in [-0.3, -0.25) is 10.1 Å². The van der Waals surface area contributed by atoms with Gasteiger partial charge in [-0.15, -0.1) is 0 Å². The van der Waals surface area contributed by atoms with E-state index in [2.05, 4.69) is 51.0 Å². The second-order valence-electron chi connectivity index (χ2n) is 7.93. The summed E-state index contributed by atoms with van der Waals surface area (Å²) < 4.78 is 0. The summed E-state index contributed by atoms with van der Waals surface area (Å²) in [6.07, 6.45) is 0.303. The molecule has 1 aliphatic heterocycles. The quantitative estimate of drug-likeness (QED) is 0.639. The van der Waals surface area contributed by atoms with Crippen molar-refractivity contribution in [3.63, 3.8) is 0 Å². The molecule has 6 heteroatoms. The van der Waals surface area contributed by atoms with E-state index in [1.54, 1.807) is 0 Å². The molecular formula is C23H27N5O. The van der Waals surface area contributed by atoms with E-state index in [0.29, 0.717) is 12.4 Å². The summed E-state index contributed by atoms with van der Waals surface area (Å²) in [5.41, 5.74) is 5.37. The zero-order chi connectivity index (χ0) is 20.5. The van der Waals surface area contributed by atoms with Crippen molar-refractivity contribution >= 4 is 22.8 Å². The van der Waals surface area contributed by atoms with Gasteiger partial charge in [0.25, 0.3) is 0 Å². The van der Waals surface area contributed by atoms with E-state index < -0.39 is 6.29 Å². The largest absolute Gasteiger partial charge is 0.323 e. The highest BCUT2D eigenvalue weighted by atomic mass is 16.2. The highest BCUT2D eigenvalue weighted by Crippen LogP contribution is 2.21. The lowest BCUT2D eigenvalue weighted by molar-refractivity contribution is -0.128. The Morgan fingerprint density at radius 3 is 2.62 bits per heavy atom. The number of amides is 1. The molecule has 3 aromatic rings. The average molecular weight is 390 g/mol. The molecule has 1 amide bonds. The fourth-order valence-corrected chi connectivity index (χ4v) is 3.91. The van der Waals surface area contributed by atoms with Crippen molar-refractivity contribution in [3.8, 4) is 0 Å². The van der Waals surface area contributed by atoms with Crippen LogP contribution in [0.3, 0.4) is 0 Å². The normalized spacial score (nSPS) is 21.8. The number of nitrogens with zero attached hydrogens (tertiary/aromatic N) is 2. The molecule has 3 atom stereocenters. The van der Waals surface area contributed by atoms with Crippen LogP contribution in [0, 0.1) is 26.7 Å². The molecule has 29 heavy (non-hydrogen) atoms. The molecule has 1 aromatic heterocycles. The Labute approximate surface area is 171 Å². The van der Waals surface area contributed by atoms with E-state index in [4.69, 9.17) is 0 Å². The molecule has 1 fully saturated rings. The van der Waals surface area contributed by atoms with Crippen LogP contribution >= 0.6 is 0 Å². The van der Waals surface area contributed by atoms with E-state index in [1.807, 2.05) is 45.0 Å². The number of carbonyl (C=O) groups excluding carboxylic acids is 1. The van der Waals surface area contributed by atoms with Gasteiger partial charge in [0.05, 0.1) is 17.1 Å². The molecule has 0 aliphatic carbocycles. The van der Waals surface area contributed by atoms with Gasteiger partial charge in [-0.05, 0) is 56.9 Å². The van der Waals surface area contributed by atoms with Gasteiger partial charge in [-0.1, -0.05) is 36.4 Å². The number of aryl methyl sites for hydroxylation is 3. The molecule has 1 saturated heterocycles. The van der Waals surface area contributed by atoms with Crippen molar-refractivity contribution in [1.82, 2.24) is 20.6 Å². The van der Waals surface area contributed by atoms with Crippen LogP contribution in [0.5, 0.6) is 0 Å². The molecule has 1 aliphatic rings. The van der Waals surface area contributed by atoms with Gasteiger partial charge in [0, 0.05) is 11.4 Å². The monoisotopic (exact) mass is 389 g/mol. The molecule has 3 N–H and O–H groups in total. The van der Waals surface area contributed by atoms with E-state index in [1.165, 1.54) is 11.1 Å². The van der Waals surface area contributed by atoms with Gasteiger partial charge in [0.15, 0.2) is 6.29 Å². The van der Waals surface area contributed by atoms with Crippen molar-refractivity contribution < 1.29 is 4.79 Å². The second-order valence-corrected chi connectivity index (χ2v) is 7.93. The molecule has 0 radical (unpaired) electrons. The standard InChI is InChI=1S/C23H27N5O/c1-13-9-10-18-15(3)24-22(26-20(18)11-13)28-23-25-16(4)19(21(29)27-23)12-17-8-6-5-7-14(17)2/h5-11,16,19,23,25H,12H2,1-4H3,(H,27,29)(H,24,26,28). The zero-order valence-electron chi connectivity index (χ0n) is 17.3. The third-order valence-corrected chi connectivity index (χ3v) is 5.67. The molecule has 150 valence electrons. The minimum absolute atomic E-state index is 0.0182. The van der Waals surface area contributed by atoms with Crippen LogP contribution in [0.25, 0.3) is 10.9 Å². The van der Waals surface area contributed by atoms with Gasteiger partial charge < -0.3 is 10.6 Å². The fraction of sp³-hybridized carbons (Fsp3) is 0.348. The molecule has 3 unspecified atom stereocenters. The number of carbonyl (C=O) groups is 1. The summed E-state index contributed by atoms with van der Waals surface area (Å²) in [5.74, 6) is 0.407. The van der Waals surface area contributed by atoms with E-state index in [0.717, 1.165) is 22.2 Å². The molecule has 0 saturated carbocycles. The lowest BCUT2D eigenvalue weighted by Gasteiger charge is -2.36. The van der Waals surface area contributed by atoms with E-state index in [-0.39, 0.29) is 17.9 Å². The molecule has 6 nitrogen and oxygen atoms in total. The molecule has 2 aromatic carbocycles. The van der Waals surface area contributed by atoms with Crippen molar-refractivity contribution in [2.24, 2.45) is 5.92 Å². The summed E-state index contributed by atoms with van der Waals surface area (Å²) in [6, 6.07) is 14.4. The maximum Gasteiger partial charge on any atom is 0.227 e. The third kappa shape index (κ3) is 4.07. The second kappa shape index (κ2) is 7.79. The van der Waals surface area contributed by atoms with Gasteiger partial charge in [-0.25, -0.2) is 9.97 Å². The first kappa shape index (κ1) is 19.3. The van der Waals surface area contributed by atoms with Gasteiger partial charge in [-0.2, -0.15) is 0 Å². The highest BCUT2D eigenvalue weighted by Gasteiger charge is 2.33. The Morgan fingerprint density at radius 1 is 1.07 bits per heavy atom. The Morgan fingerprint density at radius 2 is 1.86 bits per heavy atom. The molecule has 4 rings (SSSR count). The molecule has 0 bridgehead atoms. The first-order valence-electron chi connectivity index (χ1n) is 10.0. The number of rotatable bonds is 4. The Bertz CT molecular complexity index is 1060. The fourth-order valence-electron chi connectivity index (χ4n) is 3.91. The van der Waals surface area contributed by atoms with E-state index in [9.17, 15) is 4.79 Å². The van der Waals surface area contributed by atoms with E-state index >= 15 is 0 Å². The Kier molecular flexibility index (Phi) is 5.20. The van der Waals surface area contributed by atoms with Crippen LogP contribution in [0.1, 0.15) is 29.3 Å². The Hall–Kier alpha value is -2.99. The van der Waals surface area contributed by atoms with Crippen LogP contribution in [0.4, 0.5) is 5.95 Å². The number of nitrogens with one attached hydrogen (secondary N) is 3. The van der Waals surface area contributed by atoms with Crippen molar-refractivity contribution in [1.29, 1.82) is 0 Å². The predicted molar refractivity (Wildman–Crippen MR) is 116 cm³/mol. The first-order chi connectivity index (χ1) is 13.9. The lowest BCUT2D eigenvalue weighted by atomic mass is 9.89. The van der Waals surface area contributed by atoms with Crippen molar-refractivity contribution in [2.45, 2.75) is 46.4 Å². The molecule has 2 heterocycles. The summed E-state index contributed by atoms with van der Waals surface area (Å²) in [7, 11) is 0. The summed E-state index contributed by atoms with van der Waals surface area (Å²) in [4.78, 5) is 22.0. The molecular weight excluding hydrogens is 362 g/mol. The maximum atomic E-state index is 12.8. The topological polar surface area (TPSA) is 78.9 Å². The van der Waals surface area contributed by atoms with Crippen LogP contribution in [0.2, 0.25) is 0 Å². The summed E-state index contributed by atoms with van der Waals surface area (Å²) in [6.45, 7) is 8.15. The van der Waals surface area contributed by atoms with Gasteiger partial charge in [0.1, 0.15) is 0 Å². The zero-order valence-corrected chi connectivity index (χ0v) is 17.3. The Balaban J connectivity index is 1.49. The van der Waals surface area contributed by atoms with Crippen LogP contribution in [-0.4, -0.2) is 28.2 Å². The highest BCUT2D eigenvalue weighted by molar-refractivity contribution is 5.83. The van der Waals surface area contributed by atoms with Crippen LogP contribution in [0.15, 0.2) is 42.5 Å². The van der Waals surface area contributed by atoms with Crippen LogP contribution in [-0.2, 0) is 11.2 Å². The first-order valence-corrected chi connectivity index (χ1v) is 10.0. The summed E-state index contributed by atoms with van der Waals surface area (Å²) in [5, 5.41) is 10.7. The minimum atomic E-state index is -0.410. The lowest BCUT2D eigenvalue weighted by Crippen LogP contribution is -2.63. The van der Waals surface area contributed by atoms with Gasteiger partial charge >= 0.3 is 0 Å².